The van der Waals surface area contributed by atoms with Crippen LogP contribution in [0.4, 0.5) is 0 Å². The van der Waals surface area contributed by atoms with Gasteiger partial charge in [0.25, 0.3) is 5.91 Å². The summed E-state index contributed by atoms with van der Waals surface area (Å²) in [6.45, 7) is 0.414. The lowest BCUT2D eigenvalue weighted by Gasteiger charge is -2.14. The summed E-state index contributed by atoms with van der Waals surface area (Å²) >= 11 is 0. The molecular formula is C11H16N2O2. The first-order chi connectivity index (χ1) is 7.10. The van der Waals surface area contributed by atoms with Gasteiger partial charge in [-0.15, -0.1) is 0 Å². The molecule has 0 aliphatic heterocycles. The molecule has 1 amide bonds. The van der Waals surface area contributed by atoms with Crippen LogP contribution in [0.1, 0.15) is 15.9 Å². The normalized spacial score (nSPS) is 9.87. The van der Waals surface area contributed by atoms with E-state index in [0.29, 0.717) is 17.9 Å². The lowest BCUT2D eigenvalue weighted by Crippen LogP contribution is -2.22. The fourth-order valence-electron chi connectivity index (χ4n) is 1.29. The highest BCUT2D eigenvalue weighted by Crippen LogP contribution is 2.20. The maximum atomic E-state index is 11.8. The van der Waals surface area contributed by atoms with Crippen molar-refractivity contribution in [3.8, 4) is 5.75 Å². The maximum absolute atomic E-state index is 11.8. The van der Waals surface area contributed by atoms with Gasteiger partial charge in [0.05, 0.1) is 12.7 Å². The highest BCUT2D eigenvalue weighted by Gasteiger charge is 2.14. The molecular weight excluding hydrogens is 192 g/mol. The minimum atomic E-state index is -0.0813. The number of hydrogen-bond acceptors (Lipinski definition) is 3. The Morgan fingerprint density at radius 2 is 2.13 bits per heavy atom. The van der Waals surface area contributed by atoms with Gasteiger partial charge in [0.1, 0.15) is 5.75 Å². The summed E-state index contributed by atoms with van der Waals surface area (Å²) < 4.78 is 5.13. The van der Waals surface area contributed by atoms with Gasteiger partial charge >= 0.3 is 0 Å². The Morgan fingerprint density at radius 1 is 1.47 bits per heavy atom. The zero-order valence-corrected chi connectivity index (χ0v) is 9.28. The van der Waals surface area contributed by atoms with Crippen LogP contribution >= 0.6 is 0 Å². The molecule has 4 heteroatoms. The Bertz CT molecular complexity index is 362. The Morgan fingerprint density at radius 3 is 2.60 bits per heavy atom. The van der Waals surface area contributed by atoms with Crippen molar-refractivity contribution >= 4 is 5.91 Å². The molecule has 0 unspecified atom stereocenters. The summed E-state index contributed by atoms with van der Waals surface area (Å²) in [5.41, 5.74) is 6.99. The Balaban J connectivity index is 3.17. The second-order valence-corrected chi connectivity index (χ2v) is 3.44. The molecule has 2 N–H and O–H groups in total. The second kappa shape index (κ2) is 4.79. The number of nitrogens with zero attached hydrogens (tertiary/aromatic N) is 1. The molecule has 82 valence electrons. The maximum Gasteiger partial charge on any atom is 0.257 e. The molecule has 0 bridgehead atoms. The van der Waals surface area contributed by atoms with Gasteiger partial charge in [0.2, 0.25) is 0 Å². The first-order valence-electron chi connectivity index (χ1n) is 4.68. The first kappa shape index (κ1) is 11.5. The number of rotatable bonds is 3. The SMILES string of the molecule is COc1ccc(CN)cc1C(=O)N(C)C. The van der Waals surface area contributed by atoms with Gasteiger partial charge in [0, 0.05) is 20.6 Å². The van der Waals surface area contributed by atoms with Crippen molar-refractivity contribution < 1.29 is 9.53 Å². The molecule has 0 fully saturated rings. The van der Waals surface area contributed by atoms with Crippen molar-refractivity contribution in [3.05, 3.63) is 29.3 Å². The quantitative estimate of drug-likeness (QED) is 0.801. The average molecular weight is 208 g/mol. The summed E-state index contributed by atoms with van der Waals surface area (Å²) in [6, 6.07) is 5.38. The van der Waals surface area contributed by atoms with E-state index in [9.17, 15) is 4.79 Å². The van der Waals surface area contributed by atoms with E-state index in [0.717, 1.165) is 5.56 Å². The molecule has 0 aliphatic carbocycles. The van der Waals surface area contributed by atoms with Gasteiger partial charge in [-0.3, -0.25) is 4.79 Å². The third-order valence-electron chi connectivity index (χ3n) is 2.14. The summed E-state index contributed by atoms with van der Waals surface area (Å²) in [4.78, 5) is 13.3. The van der Waals surface area contributed by atoms with Gasteiger partial charge in [0.15, 0.2) is 0 Å². The van der Waals surface area contributed by atoms with E-state index in [1.54, 1.807) is 33.3 Å². The summed E-state index contributed by atoms with van der Waals surface area (Å²) in [6.07, 6.45) is 0. The minimum absolute atomic E-state index is 0.0813. The number of carbonyl (C=O) groups is 1. The van der Waals surface area contributed by atoms with Crippen molar-refractivity contribution in [3.63, 3.8) is 0 Å². The molecule has 0 radical (unpaired) electrons. The number of carbonyl (C=O) groups excluding carboxylic acids is 1. The van der Waals surface area contributed by atoms with E-state index < -0.39 is 0 Å². The zero-order chi connectivity index (χ0) is 11.4. The number of nitrogens with two attached hydrogens (primary N) is 1. The Kier molecular flexibility index (Phi) is 3.68. The van der Waals surface area contributed by atoms with Crippen LogP contribution in [0.15, 0.2) is 18.2 Å². The molecule has 0 aromatic heterocycles. The van der Waals surface area contributed by atoms with Crippen LogP contribution in [0.3, 0.4) is 0 Å². The predicted octanol–water partition coefficient (Wildman–Crippen LogP) is 0.856. The number of methoxy groups -OCH3 is 1. The van der Waals surface area contributed by atoms with E-state index in [1.165, 1.54) is 4.90 Å². The lowest BCUT2D eigenvalue weighted by atomic mass is 10.1. The van der Waals surface area contributed by atoms with Gasteiger partial charge in [-0.05, 0) is 17.7 Å². The number of benzene rings is 1. The molecule has 0 aliphatic rings. The average Bonchev–Trinajstić information content (AvgIpc) is 2.27. The van der Waals surface area contributed by atoms with Crippen LogP contribution in [0.5, 0.6) is 5.75 Å². The molecule has 1 rings (SSSR count). The van der Waals surface area contributed by atoms with E-state index in [2.05, 4.69) is 0 Å². The second-order valence-electron chi connectivity index (χ2n) is 3.44. The third-order valence-corrected chi connectivity index (χ3v) is 2.14. The largest absolute Gasteiger partial charge is 0.496 e. The summed E-state index contributed by atoms with van der Waals surface area (Å²) in [5, 5.41) is 0. The monoisotopic (exact) mass is 208 g/mol. The summed E-state index contributed by atoms with van der Waals surface area (Å²) in [7, 11) is 4.96. The molecule has 4 nitrogen and oxygen atoms in total. The van der Waals surface area contributed by atoms with Gasteiger partial charge in [-0.1, -0.05) is 6.07 Å². The van der Waals surface area contributed by atoms with Gasteiger partial charge in [-0.25, -0.2) is 0 Å². The molecule has 0 saturated heterocycles. The highest BCUT2D eigenvalue weighted by molar-refractivity contribution is 5.96. The van der Waals surface area contributed by atoms with Gasteiger partial charge in [-0.2, -0.15) is 0 Å². The molecule has 0 spiro atoms. The molecule has 0 atom stereocenters. The van der Waals surface area contributed by atoms with E-state index >= 15 is 0 Å². The van der Waals surface area contributed by atoms with Crippen LogP contribution in [-0.4, -0.2) is 32.0 Å². The third kappa shape index (κ3) is 2.47. The number of hydrogen-bond donors (Lipinski definition) is 1. The van der Waals surface area contributed by atoms with Crippen LogP contribution in [-0.2, 0) is 6.54 Å². The molecule has 15 heavy (non-hydrogen) atoms. The smallest absolute Gasteiger partial charge is 0.257 e. The number of ether oxygens (including phenoxy) is 1. The molecule has 0 heterocycles. The fraction of sp³-hybridized carbons (Fsp3) is 0.364. The van der Waals surface area contributed by atoms with Crippen LogP contribution < -0.4 is 10.5 Å². The van der Waals surface area contributed by atoms with Crippen LogP contribution in [0.25, 0.3) is 0 Å². The van der Waals surface area contributed by atoms with Crippen molar-refractivity contribution in [1.82, 2.24) is 4.90 Å². The Labute approximate surface area is 89.6 Å². The van der Waals surface area contributed by atoms with Crippen molar-refractivity contribution in [2.24, 2.45) is 5.73 Å². The van der Waals surface area contributed by atoms with Crippen LogP contribution in [0.2, 0.25) is 0 Å². The topological polar surface area (TPSA) is 55.6 Å². The van der Waals surface area contributed by atoms with E-state index in [1.807, 2.05) is 6.07 Å². The number of amides is 1. The fourth-order valence-corrected chi connectivity index (χ4v) is 1.29. The van der Waals surface area contributed by atoms with Crippen molar-refractivity contribution in [2.45, 2.75) is 6.54 Å². The van der Waals surface area contributed by atoms with E-state index in [4.69, 9.17) is 10.5 Å². The van der Waals surface area contributed by atoms with Crippen molar-refractivity contribution in [2.75, 3.05) is 21.2 Å². The minimum Gasteiger partial charge on any atom is -0.496 e. The van der Waals surface area contributed by atoms with Gasteiger partial charge < -0.3 is 15.4 Å². The molecule has 0 saturated carbocycles. The van der Waals surface area contributed by atoms with E-state index in [-0.39, 0.29) is 5.91 Å². The highest BCUT2D eigenvalue weighted by atomic mass is 16.5. The zero-order valence-electron chi connectivity index (χ0n) is 9.28. The van der Waals surface area contributed by atoms with Crippen LogP contribution in [0, 0.1) is 0 Å². The molecule has 1 aromatic carbocycles. The standard InChI is InChI=1S/C11H16N2O2/c1-13(2)11(14)9-6-8(7-12)4-5-10(9)15-3/h4-6H,7,12H2,1-3H3. The Hall–Kier alpha value is -1.55. The summed E-state index contributed by atoms with van der Waals surface area (Å²) in [5.74, 6) is 0.494. The van der Waals surface area contributed by atoms with Crippen molar-refractivity contribution in [1.29, 1.82) is 0 Å². The molecule has 1 aromatic rings. The first-order valence-corrected chi connectivity index (χ1v) is 4.68. The predicted molar refractivity (Wildman–Crippen MR) is 58.9 cm³/mol. The lowest BCUT2D eigenvalue weighted by molar-refractivity contribution is 0.0824.